The Morgan fingerprint density at radius 2 is 2.00 bits per heavy atom. The number of nitrogens with one attached hydrogen (secondary N) is 1. The highest BCUT2D eigenvalue weighted by Gasteiger charge is 2.64. The maximum atomic E-state index is 13.6. The Kier molecular flexibility index (Phi) is 7.79. The molecular formula is C25H42N2O5S. The van der Waals surface area contributed by atoms with Gasteiger partial charge in [-0.2, -0.15) is 0 Å². The molecule has 0 aromatic rings. The van der Waals surface area contributed by atoms with E-state index in [1.165, 1.54) is 23.1 Å². The van der Waals surface area contributed by atoms with Crippen LogP contribution in [0.2, 0.25) is 0 Å². The molecule has 3 aliphatic rings. The summed E-state index contributed by atoms with van der Waals surface area (Å²) in [4.78, 5) is 39.7. The standard InChI is InChI=1S/C25H42N2O5S/c1-8-9-12-25(7,32-17-13-15(4)10-11-16(17)14(2)3)23(31)26-18-20(28)27-19(22(29)30)24(5,6)33-21(18)27/h14-19,21H,8-13H2,1-7H3,(H,26,31)(H,29,30)/t15-,16-,17-,18-,19-,21+,25+/m1/s1. The van der Waals surface area contributed by atoms with Crippen LogP contribution < -0.4 is 5.32 Å². The highest BCUT2D eigenvalue weighted by atomic mass is 32.2. The summed E-state index contributed by atoms with van der Waals surface area (Å²) in [5, 5.41) is 12.2. The first-order chi connectivity index (χ1) is 15.3. The van der Waals surface area contributed by atoms with Crippen molar-refractivity contribution >= 4 is 29.5 Å². The lowest BCUT2D eigenvalue weighted by Gasteiger charge is -2.46. The van der Waals surface area contributed by atoms with Crippen LogP contribution in [0.3, 0.4) is 0 Å². The van der Waals surface area contributed by atoms with Crippen molar-refractivity contribution in [1.82, 2.24) is 10.2 Å². The van der Waals surface area contributed by atoms with Gasteiger partial charge in [0.1, 0.15) is 23.1 Å². The van der Waals surface area contributed by atoms with Crippen molar-refractivity contribution in [2.24, 2.45) is 17.8 Å². The van der Waals surface area contributed by atoms with Gasteiger partial charge in [0.25, 0.3) is 5.91 Å². The summed E-state index contributed by atoms with van der Waals surface area (Å²) in [5.41, 5.74) is -1.02. The summed E-state index contributed by atoms with van der Waals surface area (Å²) in [6.07, 6.45) is 5.66. The Bertz CT molecular complexity index is 772. The highest BCUT2D eigenvalue weighted by Crippen LogP contribution is 2.51. The predicted molar refractivity (Wildman–Crippen MR) is 130 cm³/mol. The van der Waals surface area contributed by atoms with Crippen LogP contribution in [0.1, 0.15) is 87.0 Å². The molecule has 2 saturated heterocycles. The number of hydrogen-bond donors (Lipinski definition) is 2. The number of β-lactam (4-membered cyclic amide) rings is 1. The van der Waals surface area contributed by atoms with Gasteiger partial charge in [-0.3, -0.25) is 9.59 Å². The van der Waals surface area contributed by atoms with E-state index in [-0.39, 0.29) is 23.3 Å². The zero-order chi connectivity index (χ0) is 24.7. The maximum absolute atomic E-state index is 13.6. The van der Waals surface area contributed by atoms with Gasteiger partial charge >= 0.3 is 5.97 Å². The van der Waals surface area contributed by atoms with Crippen molar-refractivity contribution < 1.29 is 24.2 Å². The minimum Gasteiger partial charge on any atom is -0.480 e. The fraction of sp³-hybridized carbons (Fsp3) is 0.880. The molecule has 7 nitrogen and oxygen atoms in total. The molecule has 1 saturated carbocycles. The normalized spacial score (nSPS) is 35.0. The number of fused-ring (bicyclic) bond motifs is 1. The van der Waals surface area contributed by atoms with Crippen molar-refractivity contribution in [3.63, 3.8) is 0 Å². The van der Waals surface area contributed by atoms with E-state index in [1.807, 2.05) is 20.8 Å². The van der Waals surface area contributed by atoms with Gasteiger partial charge < -0.3 is 20.1 Å². The Labute approximate surface area is 202 Å². The molecule has 2 amide bonds. The topological polar surface area (TPSA) is 95.9 Å². The van der Waals surface area contributed by atoms with Crippen LogP contribution in [0.4, 0.5) is 0 Å². The molecule has 2 heterocycles. The average Bonchev–Trinajstić information content (AvgIpc) is 2.98. The minimum atomic E-state index is -1.02. The number of amides is 2. The molecule has 8 heteroatoms. The molecule has 2 N–H and O–H groups in total. The molecule has 1 aliphatic carbocycles. The molecule has 0 aromatic heterocycles. The van der Waals surface area contributed by atoms with E-state index in [0.717, 1.165) is 25.7 Å². The predicted octanol–water partition coefficient (Wildman–Crippen LogP) is 4.04. The second-order valence-electron chi connectivity index (χ2n) is 11.4. The number of hydrogen-bond acceptors (Lipinski definition) is 5. The molecule has 0 radical (unpaired) electrons. The number of aliphatic carboxylic acids is 1. The van der Waals surface area contributed by atoms with Crippen LogP contribution in [-0.2, 0) is 19.1 Å². The van der Waals surface area contributed by atoms with E-state index in [4.69, 9.17) is 4.74 Å². The first-order valence-electron chi connectivity index (χ1n) is 12.5. The van der Waals surface area contributed by atoms with Crippen molar-refractivity contribution in [2.45, 2.75) is 121 Å². The number of thioether (sulfide) groups is 1. The molecule has 0 unspecified atom stereocenters. The lowest BCUT2D eigenvalue weighted by molar-refractivity contribution is -0.172. The van der Waals surface area contributed by atoms with Gasteiger partial charge in [-0.05, 0) is 57.8 Å². The highest BCUT2D eigenvalue weighted by molar-refractivity contribution is 8.01. The molecule has 7 atom stereocenters. The zero-order valence-electron chi connectivity index (χ0n) is 21.2. The fourth-order valence-electron chi connectivity index (χ4n) is 5.76. The smallest absolute Gasteiger partial charge is 0.327 e. The maximum Gasteiger partial charge on any atom is 0.327 e. The van der Waals surface area contributed by atoms with E-state index >= 15 is 0 Å². The summed E-state index contributed by atoms with van der Waals surface area (Å²) in [7, 11) is 0. The lowest BCUT2D eigenvalue weighted by Crippen LogP contribution is -2.72. The lowest BCUT2D eigenvalue weighted by atomic mass is 9.75. The fourth-order valence-corrected chi connectivity index (χ4v) is 7.39. The first-order valence-corrected chi connectivity index (χ1v) is 13.4. The molecule has 0 bridgehead atoms. The zero-order valence-corrected chi connectivity index (χ0v) is 22.0. The van der Waals surface area contributed by atoms with Crippen LogP contribution in [0.5, 0.6) is 0 Å². The Morgan fingerprint density at radius 3 is 2.58 bits per heavy atom. The number of carboxylic acids is 1. The van der Waals surface area contributed by atoms with Crippen molar-refractivity contribution in [3.8, 4) is 0 Å². The quantitative estimate of drug-likeness (QED) is 0.482. The van der Waals surface area contributed by atoms with E-state index in [9.17, 15) is 19.5 Å². The average molecular weight is 483 g/mol. The minimum absolute atomic E-state index is 0.0196. The number of unbranched alkanes of at least 4 members (excludes halogenated alkanes) is 1. The van der Waals surface area contributed by atoms with Crippen LogP contribution in [0, 0.1) is 17.8 Å². The number of nitrogens with zero attached hydrogens (tertiary/aromatic N) is 1. The summed E-state index contributed by atoms with van der Waals surface area (Å²) in [5.74, 6) is -0.119. The van der Waals surface area contributed by atoms with Crippen LogP contribution >= 0.6 is 11.8 Å². The molecule has 33 heavy (non-hydrogen) atoms. The van der Waals surface area contributed by atoms with Gasteiger partial charge in [-0.15, -0.1) is 11.8 Å². The largest absolute Gasteiger partial charge is 0.480 e. The van der Waals surface area contributed by atoms with Crippen LogP contribution in [0.15, 0.2) is 0 Å². The van der Waals surface area contributed by atoms with Gasteiger partial charge in [-0.1, -0.05) is 47.0 Å². The van der Waals surface area contributed by atoms with Crippen molar-refractivity contribution in [1.29, 1.82) is 0 Å². The summed E-state index contributed by atoms with van der Waals surface area (Å²) >= 11 is 1.45. The molecule has 0 spiro atoms. The second-order valence-corrected chi connectivity index (χ2v) is 13.1. The summed E-state index contributed by atoms with van der Waals surface area (Å²) in [6.45, 7) is 14.3. The molecule has 3 rings (SSSR count). The number of carboxylic acid groups (broad SMARTS) is 1. The SMILES string of the molecule is CCCC[C@](C)(O[C@@H]1C[C@H](C)CC[C@@H]1C(C)C)C(=O)N[C@@H]1C(=O)N2[C@H]1SC(C)(C)[C@H]2C(=O)O. The van der Waals surface area contributed by atoms with Crippen molar-refractivity contribution in [3.05, 3.63) is 0 Å². The molecule has 0 aromatic carbocycles. The molecule has 3 fully saturated rings. The van der Waals surface area contributed by atoms with Crippen LogP contribution in [-0.4, -0.2) is 61.7 Å². The van der Waals surface area contributed by atoms with Gasteiger partial charge in [0.2, 0.25) is 5.91 Å². The molecule has 2 aliphatic heterocycles. The van der Waals surface area contributed by atoms with Gasteiger partial charge in [-0.25, -0.2) is 4.79 Å². The summed E-state index contributed by atoms with van der Waals surface area (Å²) < 4.78 is 6.05. The van der Waals surface area contributed by atoms with Gasteiger partial charge in [0, 0.05) is 4.75 Å². The third kappa shape index (κ3) is 5.07. The van der Waals surface area contributed by atoms with E-state index < -0.39 is 28.4 Å². The number of carbonyl (C=O) groups is 3. The number of ether oxygens (including phenoxy) is 1. The molecular weight excluding hydrogens is 440 g/mol. The number of rotatable bonds is 9. The Hall–Kier alpha value is -1.28. The Balaban J connectivity index is 1.76. The first kappa shape index (κ1) is 26.3. The van der Waals surface area contributed by atoms with E-state index in [2.05, 4.69) is 33.0 Å². The monoisotopic (exact) mass is 482 g/mol. The molecule has 188 valence electrons. The van der Waals surface area contributed by atoms with E-state index in [0.29, 0.717) is 24.2 Å². The third-order valence-corrected chi connectivity index (χ3v) is 9.39. The Morgan fingerprint density at radius 1 is 1.33 bits per heavy atom. The van der Waals surface area contributed by atoms with Gasteiger partial charge in [0.15, 0.2) is 0 Å². The number of carbonyl (C=O) groups excluding carboxylic acids is 2. The third-order valence-electron chi connectivity index (χ3n) is 7.82. The van der Waals surface area contributed by atoms with Crippen molar-refractivity contribution in [2.75, 3.05) is 0 Å². The summed E-state index contributed by atoms with van der Waals surface area (Å²) in [6, 6.07) is -1.59. The van der Waals surface area contributed by atoms with Crippen LogP contribution in [0.25, 0.3) is 0 Å². The van der Waals surface area contributed by atoms with Gasteiger partial charge in [0.05, 0.1) is 6.10 Å². The second kappa shape index (κ2) is 9.76. The van der Waals surface area contributed by atoms with E-state index in [1.54, 1.807) is 0 Å².